The van der Waals surface area contributed by atoms with Crippen molar-refractivity contribution in [3.05, 3.63) is 50.8 Å². The zero-order valence-electron chi connectivity index (χ0n) is 11.1. The van der Waals surface area contributed by atoms with Gasteiger partial charge in [0.05, 0.1) is 4.92 Å². The van der Waals surface area contributed by atoms with Crippen LogP contribution in [0, 0.1) is 10.1 Å². The summed E-state index contributed by atoms with van der Waals surface area (Å²) in [6, 6.07) is 5.71. The zero-order chi connectivity index (χ0) is 16.6. The van der Waals surface area contributed by atoms with E-state index in [-0.39, 0.29) is 10.6 Å². The summed E-state index contributed by atoms with van der Waals surface area (Å²) in [5.41, 5.74) is 0.605. The Morgan fingerprint density at radius 2 is 1.87 bits per heavy atom. The quantitative estimate of drug-likeness (QED) is 0.539. The van der Waals surface area contributed by atoms with Crippen molar-refractivity contribution in [2.24, 2.45) is 0 Å². The smallest absolute Gasteiger partial charge is 0.258 e. The molecule has 0 aliphatic carbocycles. The Morgan fingerprint density at radius 3 is 2.48 bits per heavy atom. The Kier molecular flexibility index (Phi) is 3.56. The Balaban J connectivity index is 1.86. The van der Waals surface area contributed by atoms with Gasteiger partial charge in [0.15, 0.2) is 0 Å². The molecule has 0 fully saturated rings. The van der Waals surface area contributed by atoms with Gasteiger partial charge in [-0.1, -0.05) is 17.4 Å². The second kappa shape index (κ2) is 5.43. The molecule has 1 aromatic carbocycles. The first-order chi connectivity index (χ1) is 10.8. The fraction of sp³-hybridized carbons (Fsp3) is 0.0833. The second-order valence-corrected chi connectivity index (χ2v) is 5.33. The number of nitrogens with zero attached hydrogens (tertiary/aromatic N) is 5. The molecule has 118 valence electrons. The van der Waals surface area contributed by atoms with Gasteiger partial charge in [-0.05, 0) is 23.8 Å². The number of fused-ring (bicyclic) bond motifs is 1. The molecule has 7 nitrogen and oxygen atoms in total. The number of non-ortho nitro benzene ring substituents is 1. The molecule has 3 rings (SSSR count). The highest BCUT2D eigenvalue weighted by atomic mass is 32.1. The van der Waals surface area contributed by atoms with Crippen LogP contribution in [0.25, 0.3) is 17.1 Å². The number of nitro groups is 1. The van der Waals surface area contributed by atoms with Gasteiger partial charge in [0.1, 0.15) is 5.01 Å². The van der Waals surface area contributed by atoms with Crippen LogP contribution in [0.2, 0.25) is 0 Å². The van der Waals surface area contributed by atoms with Gasteiger partial charge in [0.25, 0.3) is 11.5 Å². The van der Waals surface area contributed by atoms with Crippen molar-refractivity contribution in [1.29, 1.82) is 0 Å². The van der Waals surface area contributed by atoms with Crippen LogP contribution in [0.15, 0.2) is 24.3 Å². The van der Waals surface area contributed by atoms with Crippen LogP contribution in [-0.2, 0) is 6.18 Å². The summed E-state index contributed by atoms with van der Waals surface area (Å²) in [5.74, 6) is -1.18. The van der Waals surface area contributed by atoms with Gasteiger partial charge in [0.2, 0.25) is 4.96 Å². The minimum Gasteiger partial charge on any atom is -0.258 e. The van der Waals surface area contributed by atoms with Crippen molar-refractivity contribution in [3.63, 3.8) is 0 Å². The predicted octanol–water partition coefficient (Wildman–Crippen LogP) is 3.28. The van der Waals surface area contributed by atoms with E-state index >= 15 is 0 Å². The van der Waals surface area contributed by atoms with E-state index in [2.05, 4.69) is 15.3 Å². The molecule has 2 aromatic heterocycles. The first kappa shape index (κ1) is 15.1. The van der Waals surface area contributed by atoms with Crippen LogP contribution in [0.5, 0.6) is 0 Å². The van der Waals surface area contributed by atoms with Crippen LogP contribution in [0.4, 0.5) is 18.9 Å². The van der Waals surface area contributed by atoms with Crippen LogP contribution >= 0.6 is 11.3 Å². The van der Waals surface area contributed by atoms with Crippen molar-refractivity contribution < 1.29 is 18.1 Å². The minimum atomic E-state index is -4.63. The Bertz CT molecular complexity index is 898. The third-order valence-corrected chi connectivity index (χ3v) is 3.65. The van der Waals surface area contributed by atoms with Gasteiger partial charge in [-0.15, -0.1) is 10.2 Å². The fourth-order valence-corrected chi connectivity index (χ4v) is 2.49. The number of aromatic nitrogens is 4. The number of alkyl halides is 3. The maximum atomic E-state index is 12.7. The number of rotatable bonds is 3. The summed E-state index contributed by atoms with van der Waals surface area (Å²) in [6.07, 6.45) is -1.55. The van der Waals surface area contributed by atoms with Crippen LogP contribution in [0.3, 0.4) is 0 Å². The van der Waals surface area contributed by atoms with Crippen molar-refractivity contribution in [1.82, 2.24) is 19.8 Å². The summed E-state index contributed by atoms with van der Waals surface area (Å²) in [4.78, 5) is 10.1. The summed E-state index contributed by atoms with van der Waals surface area (Å²) < 4.78 is 38.7. The van der Waals surface area contributed by atoms with E-state index in [4.69, 9.17) is 0 Å². The highest BCUT2D eigenvalue weighted by molar-refractivity contribution is 7.17. The monoisotopic (exact) mass is 341 g/mol. The molecule has 2 heterocycles. The molecule has 23 heavy (non-hydrogen) atoms. The Hall–Kier alpha value is -2.82. The van der Waals surface area contributed by atoms with E-state index in [1.807, 2.05) is 0 Å². The van der Waals surface area contributed by atoms with Crippen LogP contribution in [-0.4, -0.2) is 24.7 Å². The largest absolute Gasteiger partial charge is 0.453 e. The molecule has 0 saturated carbocycles. The molecular weight excluding hydrogens is 335 g/mol. The normalized spacial score (nSPS) is 12.3. The van der Waals surface area contributed by atoms with Crippen molar-refractivity contribution in [2.75, 3.05) is 0 Å². The lowest BCUT2D eigenvalue weighted by Gasteiger charge is -1.99. The Morgan fingerprint density at radius 1 is 1.17 bits per heavy atom. The van der Waals surface area contributed by atoms with Crippen LogP contribution < -0.4 is 0 Å². The third-order valence-electron chi connectivity index (χ3n) is 2.78. The molecule has 11 heteroatoms. The maximum absolute atomic E-state index is 12.7. The molecule has 0 unspecified atom stereocenters. The van der Waals surface area contributed by atoms with Gasteiger partial charge in [-0.2, -0.15) is 22.8 Å². The fourth-order valence-electron chi connectivity index (χ4n) is 1.75. The SMILES string of the molecule is O=[N+]([O-])c1ccc(/C=C/c2nn3c(C(F)(F)F)nnc3s2)cc1. The number of benzene rings is 1. The van der Waals surface area contributed by atoms with Gasteiger partial charge >= 0.3 is 6.18 Å². The minimum absolute atomic E-state index is 0.0284. The third kappa shape index (κ3) is 3.04. The maximum Gasteiger partial charge on any atom is 0.453 e. The second-order valence-electron chi connectivity index (χ2n) is 4.34. The van der Waals surface area contributed by atoms with E-state index in [0.29, 0.717) is 15.1 Å². The van der Waals surface area contributed by atoms with Gasteiger partial charge in [0, 0.05) is 12.1 Å². The molecule has 0 aliphatic rings. The first-order valence-electron chi connectivity index (χ1n) is 6.06. The number of hydrogen-bond acceptors (Lipinski definition) is 6. The highest BCUT2D eigenvalue weighted by Gasteiger charge is 2.38. The average Bonchev–Trinajstić information content (AvgIpc) is 3.04. The molecule has 0 amide bonds. The van der Waals surface area contributed by atoms with Crippen molar-refractivity contribution in [3.8, 4) is 0 Å². The molecule has 0 N–H and O–H groups in total. The first-order valence-corrected chi connectivity index (χ1v) is 6.88. The highest BCUT2D eigenvalue weighted by Crippen LogP contribution is 2.29. The van der Waals surface area contributed by atoms with Gasteiger partial charge in [-0.3, -0.25) is 10.1 Å². The van der Waals surface area contributed by atoms with E-state index in [9.17, 15) is 23.3 Å². The van der Waals surface area contributed by atoms with E-state index < -0.39 is 16.9 Å². The van der Waals surface area contributed by atoms with E-state index in [1.165, 1.54) is 30.3 Å². The molecule has 0 bridgehead atoms. The molecule has 0 saturated heterocycles. The topological polar surface area (TPSA) is 86.2 Å². The van der Waals surface area contributed by atoms with Crippen molar-refractivity contribution >= 4 is 34.1 Å². The summed E-state index contributed by atoms with van der Waals surface area (Å²) in [6.45, 7) is 0. The number of hydrogen-bond donors (Lipinski definition) is 0. The Labute approximate surface area is 129 Å². The molecule has 0 radical (unpaired) electrons. The van der Waals surface area contributed by atoms with E-state index in [0.717, 1.165) is 11.3 Å². The lowest BCUT2D eigenvalue weighted by Crippen LogP contribution is -2.11. The lowest BCUT2D eigenvalue weighted by atomic mass is 10.2. The standard InChI is InChI=1S/C12H6F3N5O2S/c13-12(14,15)10-16-17-11-19(10)18-9(23-11)6-3-7-1-4-8(5-2-7)20(21)22/h1-6H/b6-3+. The molecule has 0 atom stereocenters. The lowest BCUT2D eigenvalue weighted by molar-refractivity contribution is -0.384. The molecular formula is C12H6F3N5O2S. The molecule has 0 aliphatic heterocycles. The molecule has 3 aromatic rings. The summed E-state index contributed by atoms with van der Waals surface area (Å²) >= 11 is 0.945. The summed E-state index contributed by atoms with van der Waals surface area (Å²) in [7, 11) is 0. The predicted molar refractivity (Wildman–Crippen MR) is 75.7 cm³/mol. The summed E-state index contributed by atoms with van der Waals surface area (Å²) in [5, 5.41) is 21.1. The number of halogens is 3. The zero-order valence-corrected chi connectivity index (χ0v) is 11.9. The van der Waals surface area contributed by atoms with Crippen LogP contribution in [0.1, 0.15) is 16.4 Å². The molecule has 0 spiro atoms. The average molecular weight is 341 g/mol. The van der Waals surface area contributed by atoms with Gasteiger partial charge < -0.3 is 0 Å². The van der Waals surface area contributed by atoms with Crippen molar-refractivity contribution in [2.45, 2.75) is 6.18 Å². The van der Waals surface area contributed by atoms with Gasteiger partial charge in [-0.25, -0.2) is 0 Å². The van der Waals surface area contributed by atoms with E-state index in [1.54, 1.807) is 6.08 Å². The number of nitro benzene ring substituents is 1.